The number of carbonyl (C=O) groups excluding carboxylic acids is 1. The molecule has 0 radical (unpaired) electrons. The molecule has 2 N–H and O–H groups in total. The van der Waals surface area contributed by atoms with E-state index >= 15 is 0 Å². The highest BCUT2D eigenvalue weighted by Crippen LogP contribution is 2.00. The maximum absolute atomic E-state index is 11.6. The standard InChI is InChI=1S/C11H16N4O/c1-4-6-12-11-13-7-5-9(15-11)10(16)14-8(2)3/h4-5,7-8H,1,6H2,2-3H3,(H,14,16)(H,12,13,15). The molecule has 0 aliphatic heterocycles. The molecule has 0 unspecified atom stereocenters. The highest BCUT2D eigenvalue weighted by atomic mass is 16.1. The van der Waals surface area contributed by atoms with Crippen LogP contribution in [0.3, 0.4) is 0 Å². The first-order valence-corrected chi connectivity index (χ1v) is 5.12. The molecule has 0 fully saturated rings. The first-order valence-electron chi connectivity index (χ1n) is 5.12. The van der Waals surface area contributed by atoms with Crippen LogP contribution in [0.25, 0.3) is 0 Å². The molecule has 1 heterocycles. The van der Waals surface area contributed by atoms with Gasteiger partial charge in [-0.15, -0.1) is 6.58 Å². The van der Waals surface area contributed by atoms with Crippen LogP contribution in [0.2, 0.25) is 0 Å². The second-order valence-electron chi connectivity index (χ2n) is 3.56. The lowest BCUT2D eigenvalue weighted by molar-refractivity contribution is 0.0938. The van der Waals surface area contributed by atoms with Gasteiger partial charge in [0.15, 0.2) is 0 Å². The summed E-state index contributed by atoms with van der Waals surface area (Å²) >= 11 is 0. The number of nitrogens with zero attached hydrogens (tertiary/aromatic N) is 2. The summed E-state index contributed by atoms with van der Waals surface area (Å²) in [5.41, 5.74) is 0.357. The fraction of sp³-hybridized carbons (Fsp3) is 0.364. The molecule has 1 amide bonds. The zero-order valence-corrected chi connectivity index (χ0v) is 9.53. The molecule has 0 aliphatic carbocycles. The van der Waals surface area contributed by atoms with E-state index in [0.29, 0.717) is 18.2 Å². The van der Waals surface area contributed by atoms with Crippen LogP contribution in [-0.4, -0.2) is 28.5 Å². The smallest absolute Gasteiger partial charge is 0.270 e. The number of hydrogen-bond donors (Lipinski definition) is 2. The van der Waals surface area contributed by atoms with Crippen molar-refractivity contribution in [3.05, 3.63) is 30.6 Å². The molecule has 86 valence electrons. The quantitative estimate of drug-likeness (QED) is 0.732. The number of anilines is 1. The summed E-state index contributed by atoms with van der Waals surface area (Å²) in [5, 5.41) is 5.69. The van der Waals surface area contributed by atoms with Gasteiger partial charge < -0.3 is 10.6 Å². The minimum Gasteiger partial charge on any atom is -0.351 e. The van der Waals surface area contributed by atoms with Gasteiger partial charge in [-0.05, 0) is 19.9 Å². The zero-order valence-electron chi connectivity index (χ0n) is 9.53. The Labute approximate surface area is 95.0 Å². The molecule has 5 heteroatoms. The summed E-state index contributed by atoms with van der Waals surface area (Å²) in [4.78, 5) is 19.7. The predicted molar refractivity (Wildman–Crippen MR) is 63.3 cm³/mol. The second kappa shape index (κ2) is 5.85. The molecule has 1 rings (SSSR count). The third kappa shape index (κ3) is 3.68. The van der Waals surface area contributed by atoms with Gasteiger partial charge in [-0.2, -0.15) is 0 Å². The SMILES string of the molecule is C=CCNc1nccc(C(=O)NC(C)C)n1. The lowest BCUT2D eigenvalue weighted by Crippen LogP contribution is -2.30. The fourth-order valence-electron chi connectivity index (χ4n) is 1.07. The van der Waals surface area contributed by atoms with Gasteiger partial charge in [0.2, 0.25) is 5.95 Å². The zero-order chi connectivity index (χ0) is 12.0. The Hall–Kier alpha value is -1.91. The summed E-state index contributed by atoms with van der Waals surface area (Å²) < 4.78 is 0. The maximum Gasteiger partial charge on any atom is 0.270 e. The number of amides is 1. The molecule has 16 heavy (non-hydrogen) atoms. The van der Waals surface area contributed by atoms with E-state index in [2.05, 4.69) is 27.2 Å². The highest BCUT2D eigenvalue weighted by Gasteiger charge is 2.09. The molecule has 0 saturated carbocycles. The van der Waals surface area contributed by atoms with Gasteiger partial charge in [0.25, 0.3) is 5.91 Å². The van der Waals surface area contributed by atoms with Crippen LogP contribution in [0.4, 0.5) is 5.95 Å². The summed E-state index contributed by atoms with van der Waals surface area (Å²) in [5.74, 6) is 0.232. The lowest BCUT2D eigenvalue weighted by Gasteiger charge is -2.08. The van der Waals surface area contributed by atoms with E-state index in [1.165, 1.54) is 0 Å². The molecule has 0 spiro atoms. The van der Waals surface area contributed by atoms with Gasteiger partial charge in [0.1, 0.15) is 5.69 Å². The van der Waals surface area contributed by atoms with Gasteiger partial charge in [0, 0.05) is 18.8 Å². The van der Waals surface area contributed by atoms with Crippen LogP contribution >= 0.6 is 0 Å². The van der Waals surface area contributed by atoms with E-state index < -0.39 is 0 Å². The third-order valence-corrected chi connectivity index (χ3v) is 1.71. The molecule has 0 saturated heterocycles. The lowest BCUT2D eigenvalue weighted by atomic mass is 10.3. The average molecular weight is 220 g/mol. The number of hydrogen-bond acceptors (Lipinski definition) is 4. The number of nitrogens with one attached hydrogen (secondary N) is 2. The predicted octanol–water partition coefficient (Wildman–Crippen LogP) is 1.21. The molecule has 1 aromatic rings. The van der Waals surface area contributed by atoms with E-state index in [1.54, 1.807) is 18.3 Å². The number of rotatable bonds is 5. The molecular weight excluding hydrogens is 204 g/mol. The Morgan fingerprint density at radius 1 is 1.62 bits per heavy atom. The van der Waals surface area contributed by atoms with Gasteiger partial charge in [-0.3, -0.25) is 4.79 Å². The Morgan fingerprint density at radius 3 is 3.00 bits per heavy atom. The van der Waals surface area contributed by atoms with E-state index in [0.717, 1.165) is 0 Å². The second-order valence-corrected chi connectivity index (χ2v) is 3.56. The molecular formula is C11H16N4O. The third-order valence-electron chi connectivity index (χ3n) is 1.71. The van der Waals surface area contributed by atoms with Gasteiger partial charge in [-0.1, -0.05) is 6.08 Å². The van der Waals surface area contributed by atoms with Crippen LogP contribution < -0.4 is 10.6 Å². The first-order chi connectivity index (χ1) is 7.63. The van der Waals surface area contributed by atoms with Crippen molar-refractivity contribution in [2.45, 2.75) is 19.9 Å². The molecule has 0 aromatic carbocycles. The van der Waals surface area contributed by atoms with Crippen molar-refractivity contribution in [3.8, 4) is 0 Å². The van der Waals surface area contributed by atoms with Crippen LogP contribution in [-0.2, 0) is 0 Å². The van der Waals surface area contributed by atoms with Crippen LogP contribution in [0, 0.1) is 0 Å². The Morgan fingerprint density at radius 2 is 2.38 bits per heavy atom. The van der Waals surface area contributed by atoms with Gasteiger partial charge in [-0.25, -0.2) is 9.97 Å². The summed E-state index contributed by atoms with van der Waals surface area (Å²) in [6, 6.07) is 1.67. The largest absolute Gasteiger partial charge is 0.351 e. The van der Waals surface area contributed by atoms with E-state index in [-0.39, 0.29) is 11.9 Å². The van der Waals surface area contributed by atoms with Gasteiger partial charge in [0.05, 0.1) is 0 Å². The van der Waals surface area contributed by atoms with E-state index in [1.807, 2.05) is 13.8 Å². The molecule has 5 nitrogen and oxygen atoms in total. The molecule has 1 aromatic heterocycles. The summed E-state index contributed by atoms with van der Waals surface area (Å²) in [6.07, 6.45) is 3.25. The van der Waals surface area contributed by atoms with Gasteiger partial charge >= 0.3 is 0 Å². The monoisotopic (exact) mass is 220 g/mol. The number of carbonyl (C=O) groups is 1. The first kappa shape index (κ1) is 12.2. The molecule has 0 aliphatic rings. The van der Waals surface area contributed by atoms with E-state index in [4.69, 9.17) is 0 Å². The van der Waals surface area contributed by atoms with E-state index in [9.17, 15) is 4.79 Å². The molecule has 0 atom stereocenters. The van der Waals surface area contributed by atoms with Crippen molar-refractivity contribution in [3.63, 3.8) is 0 Å². The highest BCUT2D eigenvalue weighted by molar-refractivity contribution is 5.92. The van der Waals surface area contributed by atoms with Crippen molar-refractivity contribution < 1.29 is 4.79 Å². The number of aromatic nitrogens is 2. The van der Waals surface area contributed by atoms with Crippen molar-refractivity contribution >= 4 is 11.9 Å². The van der Waals surface area contributed by atoms with Crippen molar-refractivity contribution in [2.24, 2.45) is 0 Å². The minimum atomic E-state index is -0.195. The molecule has 0 bridgehead atoms. The van der Waals surface area contributed by atoms with Crippen molar-refractivity contribution in [2.75, 3.05) is 11.9 Å². The summed E-state index contributed by atoms with van der Waals surface area (Å²) in [7, 11) is 0. The van der Waals surface area contributed by atoms with Crippen LogP contribution in [0.1, 0.15) is 24.3 Å². The van der Waals surface area contributed by atoms with Crippen molar-refractivity contribution in [1.82, 2.24) is 15.3 Å². The Balaban J connectivity index is 2.73. The van der Waals surface area contributed by atoms with Crippen LogP contribution in [0.15, 0.2) is 24.9 Å². The summed E-state index contributed by atoms with van der Waals surface area (Å²) in [6.45, 7) is 7.94. The topological polar surface area (TPSA) is 66.9 Å². The Bertz CT molecular complexity index is 376. The minimum absolute atomic E-state index is 0.0899. The average Bonchev–Trinajstić information content (AvgIpc) is 2.26. The Kier molecular flexibility index (Phi) is 4.44. The maximum atomic E-state index is 11.6. The van der Waals surface area contributed by atoms with Crippen molar-refractivity contribution in [1.29, 1.82) is 0 Å². The normalized spacial score (nSPS) is 9.94. The van der Waals surface area contributed by atoms with Crippen LogP contribution in [0.5, 0.6) is 0 Å². The fourth-order valence-corrected chi connectivity index (χ4v) is 1.07.